The molecule has 0 atom stereocenters. The zero-order valence-corrected chi connectivity index (χ0v) is 17.5. The molecule has 0 aliphatic heterocycles. The molecular formula is C20H19Cl2N3O5. The smallest absolute Gasteiger partial charge is 0.306 e. The van der Waals surface area contributed by atoms with Crippen LogP contribution >= 0.6 is 23.2 Å². The van der Waals surface area contributed by atoms with Gasteiger partial charge >= 0.3 is 5.97 Å². The topological polar surface area (TPSA) is 114 Å². The largest absolute Gasteiger partial charge is 0.456 e. The number of carbonyl (C=O) groups excluding carboxylic acids is 4. The van der Waals surface area contributed by atoms with Gasteiger partial charge < -0.3 is 20.7 Å². The fourth-order valence-electron chi connectivity index (χ4n) is 2.27. The molecule has 3 amide bonds. The van der Waals surface area contributed by atoms with Crippen molar-refractivity contribution in [2.45, 2.75) is 19.8 Å². The number of carbonyl (C=O) groups is 4. The lowest BCUT2D eigenvalue weighted by atomic mass is 10.2. The number of hydrogen-bond acceptors (Lipinski definition) is 5. The fourth-order valence-corrected chi connectivity index (χ4v) is 2.57. The van der Waals surface area contributed by atoms with Crippen molar-refractivity contribution in [1.82, 2.24) is 0 Å². The first-order valence-electron chi connectivity index (χ1n) is 8.81. The summed E-state index contributed by atoms with van der Waals surface area (Å²) in [7, 11) is 0. The average molecular weight is 452 g/mol. The summed E-state index contributed by atoms with van der Waals surface area (Å²) in [6.07, 6.45) is -0.308. The van der Waals surface area contributed by atoms with Crippen LogP contribution in [-0.4, -0.2) is 30.3 Å². The molecule has 2 rings (SSSR count). The first-order chi connectivity index (χ1) is 14.2. The third-order valence-electron chi connectivity index (χ3n) is 3.61. The molecule has 0 aromatic heterocycles. The van der Waals surface area contributed by atoms with E-state index >= 15 is 0 Å². The van der Waals surface area contributed by atoms with Crippen molar-refractivity contribution < 1.29 is 23.9 Å². The number of amides is 3. The molecule has 0 fully saturated rings. The van der Waals surface area contributed by atoms with E-state index in [9.17, 15) is 19.2 Å². The Morgan fingerprint density at radius 3 is 1.93 bits per heavy atom. The quantitative estimate of drug-likeness (QED) is 0.527. The summed E-state index contributed by atoms with van der Waals surface area (Å²) < 4.78 is 4.86. The maximum Gasteiger partial charge on any atom is 0.306 e. The Morgan fingerprint density at radius 1 is 0.767 bits per heavy atom. The van der Waals surface area contributed by atoms with E-state index in [1.54, 1.807) is 36.4 Å². The van der Waals surface area contributed by atoms with Crippen LogP contribution in [0.2, 0.25) is 10.0 Å². The van der Waals surface area contributed by atoms with Crippen molar-refractivity contribution >= 4 is 64.0 Å². The van der Waals surface area contributed by atoms with Crippen LogP contribution in [0.5, 0.6) is 0 Å². The molecular weight excluding hydrogens is 433 g/mol. The predicted molar refractivity (Wildman–Crippen MR) is 115 cm³/mol. The normalized spacial score (nSPS) is 10.1. The van der Waals surface area contributed by atoms with Crippen molar-refractivity contribution in [3.63, 3.8) is 0 Å². The van der Waals surface area contributed by atoms with E-state index in [-0.39, 0.29) is 18.7 Å². The van der Waals surface area contributed by atoms with Gasteiger partial charge in [-0.25, -0.2) is 0 Å². The summed E-state index contributed by atoms with van der Waals surface area (Å²) in [5.74, 6) is -1.83. The molecule has 30 heavy (non-hydrogen) atoms. The fraction of sp³-hybridized carbons (Fsp3) is 0.200. The summed E-state index contributed by atoms with van der Waals surface area (Å²) in [6, 6.07) is 11.0. The highest BCUT2D eigenvalue weighted by Crippen LogP contribution is 2.25. The number of anilines is 3. The highest BCUT2D eigenvalue weighted by Gasteiger charge is 2.11. The maximum atomic E-state index is 11.9. The highest BCUT2D eigenvalue weighted by atomic mass is 35.5. The molecule has 0 aliphatic rings. The van der Waals surface area contributed by atoms with Crippen molar-refractivity contribution in [2.75, 3.05) is 22.6 Å². The van der Waals surface area contributed by atoms with Crippen LogP contribution in [0.15, 0.2) is 42.5 Å². The number of esters is 1. The third kappa shape index (κ3) is 8.10. The zero-order chi connectivity index (χ0) is 22.1. The van der Waals surface area contributed by atoms with E-state index in [2.05, 4.69) is 16.0 Å². The summed E-state index contributed by atoms with van der Waals surface area (Å²) in [4.78, 5) is 46.5. The summed E-state index contributed by atoms with van der Waals surface area (Å²) in [5.41, 5.74) is 1.52. The van der Waals surface area contributed by atoms with Gasteiger partial charge in [-0.1, -0.05) is 23.2 Å². The Kier molecular flexibility index (Phi) is 8.64. The number of halogens is 2. The molecule has 0 unspecified atom stereocenters. The first kappa shape index (κ1) is 23.2. The zero-order valence-electron chi connectivity index (χ0n) is 16.0. The van der Waals surface area contributed by atoms with Crippen LogP contribution in [-0.2, 0) is 23.9 Å². The van der Waals surface area contributed by atoms with Crippen LogP contribution in [0.25, 0.3) is 0 Å². The van der Waals surface area contributed by atoms with Crippen LogP contribution in [0.3, 0.4) is 0 Å². The molecule has 0 spiro atoms. The van der Waals surface area contributed by atoms with E-state index in [0.29, 0.717) is 27.1 Å². The lowest BCUT2D eigenvalue weighted by molar-refractivity contribution is -0.147. The van der Waals surface area contributed by atoms with Crippen molar-refractivity contribution in [2.24, 2.45) is 0 Å². The van der Waals surface area contributed by atoms with Gasteiger partial charge in [0.05, 0.1) is 16.5 Å². The van der Waals surface area contributed by atoms with Gasteiger partial charge in [0, 0.05) is 30.4 Å². The third-order valence-corrected chi connectivity index (χ3v) is 4.35. The number of hydrogen-bond donors (Lipinski definition) is 3. The second kappa shape index (κ2) is 11.2. The van der Waals surface area contributed by atoms with Crippen molar-refractivity contribution in [3.8, 4) is 0 Å². The number of ether oxygens (including phenoxy) is 1. The minimum atomic E-state index is -0.685. The Labute approximate surface area is 182 Å². The Bertz CT molecular complexity index is 948. The molecule has 0 radical (unpaired) electrons. The van der Waals surface area contributed by atoms with Gasteiger partial charge in [0.15, 0.2) is 6.61 Å². The number of benzene rings is 2. The highest BCUT2D eigenvalue weighted by molar-refractivity contribution is 6.42. The average Bonchev–Trinajstić information content (AvgIpc) is 2.69. The summed E-state index contributed by atoms with van der Waals surface area (Å²) in [6.45, 7) is 0.904. The molecule has 0 heterocycles. The standard InChI is InChI=1S/C20H19Cl2N3O5/c1-12(26)23-13-2-4-14(5-3-13)24-19(28)11-30-20(29)9-8-18(27)25-15-6-7-16(21)17(22)10-15/h2-7,10H,8-9,11H2,1H3,(H,23,26)(H,24,28)(H,25,27). The van der Waals surface area contributed by atoms with Gasteiger partial charge in [-0.2, -0.15) is 0 Å². The monoisotopic (exact) mass is 451 g/mol. The lowest BCUT2D eigenvalue weighted by Gasteiger charge is -2.08. The van der Waals surface area contributed by atoms with Gasteiger partial charge in [-0.3, -0.25) is 19.2 Å². The molecule has 158 valence electrons. The molecule has 10 heteroatoms. The summed E-state index contributed by atoms with van der Waals surface area (Å²) in [5, 5.41) is 8.40. The van der Waals surface area contributed by atoms with Crippen molar-refractivity contribution in [3.05, 3.63) is 52.5 Å². The predicted octanol–water partition coefficient (Wildman–Crippen LogP) is 3.85. The van der Waals surface area contributed by atoms with E-state index in [1.165, 1.54) is 13.0 Å². The molecule has 0 aliphatic carbocycles. The van der Waals surface area contributed by atoms with Crippen molar-refractivity contribution in [1.29, 1.82) is 0 Å². The van der Waals surface area contributed by atoms with Gasteiger partial charge in [0.25, 0.3) is 5.91 Å². The Balaban J connectivity index is 1.69. The van der Waals surface area contributed by atoms with Gasteiger partial charge in [0.2, 0.25) is 11.8 Å². The first-order valence-corrected chi connectivity index (χ1v) is 9.56. The van der Waals surface area contributed by atoms with Gasteiger partial charge in [-0.15, -0.1) is 0 Å². The molecule has 2 aromatic rings. The maximum absolute atomic E-state index is 11.9. The van der Waals surface area contributed by atoms with Crippen LogP contribution < -0.4 is 16.0 Å². The molecule has 3 N–H and O–H groups in total. The number of nitrogens with one attached hydrogen (secondary N) is 3. The minimum absolute atomic E-state index is 0.120. The molecule has 0 saturated heterocycles. The van der Waals surface area contributed by atoms with Gasteiger partial charge in [-0.05, 0) is 42.5 Å². The Morgan fingerprint density at radius 2 is 1.33 bits per heavy atom. The van der Waals surface area contributed by atoms with Gasteiger partial charge in [0.1, 0.15) is 0 Å². The SMILES string of the molecule is CC(=O)Nc1ccc(NC(=O)COC(=O)CCC(=O)Nc2ccc(Cl)c(Cl)c2)cc1. The molecule has 8 nitrogen and oxygen atoms in total. The van der Waals surface area contributed by atoms with E-state index in [1.807, 2.05) is 0 Å². The van der Waals surface area contributed by atoms with Crippen LogP contribution in [0, 0.1) is 0 Å². The molecule has 0 bridgehead atoms. The molecule has 2 aromatic carbocycles. The Hall–Kier alpha value is -3.10. The minimum Gasteiger partial charge on any atom is -0.456 e. The second-order valence-corrected chi connectivity index (χ2v) is 6.96. The second-order valence-electron chi connectivity index (χ2n) is 6.14. The van der Waals surface area contributed by atoms with Crippen LogP contribution in [0.1, 0.15) is 19.8 Å². The van der Waals surface area contributed by atoms with Crippen LogP contribution in [0.4, 0.5) is 17.1 Å². The van der Waals surface area contributed by atoms with E-state index < -0.39 is 24.4 Å². The van der Waals surface area contributed by atoms with E-state index in [0.717, 1.165) is 0 Å². The summed E-state index contributed by atoms with van der Waals surface area (Å²) >= 11 is 11.7. The molecule has 0 saturated carbocycles. The number of rotatable bonds is 8. The lowest BCUT2D eigenvalue weighted by Crippen LogP contribution is -2.21. The van der Waals surface area contributed by atoms with E-state index in [4.69, 9.17) is 27.9 Å².